The van der Waals surface area contributed by atoms with Gasteiger partial charge in [0.25, 0.3) is 5.69 Å². The summed E-state index contributed by atoms with van der Waals surface area (Å²) in [5, 5.41) is 14.4. The van der Waals surface area contributed by atoms with Gasteiger partial charge < -0.3 is 5.32 Å². The Labute approximate surface area is 99.8 Å². The molecule has 0 aliphatic carbocycles. The first-order chi connectivity index (χ1) is 7.41. The molecule has 0 amide bonds. The van der Waals surface area contributed by atoms with E-state index in [4.69, 9.17) is 11.6 Å². The minimum absolute atomic E-state index is 0.0527. The summed E-state index contributed by atoms with van der Waals surface area (Å²) >= 11 is 5.82. The highest BCUT2D eigenvalue weighted by Crippen LogP contribution is 2.28. The van der Waals surface area contributed by atoms with Crippen molar-refractivity contribution in [3.05, 3.63) is 33.3 Å². The van der Waals surface area contributed by atoms with Gasteiger partial charge in [-0.25, -0.2) is 0 Å². The molecule has 0 radical (unpaired) electrons. The average molecular weight is 243 g/mol. The van der Waals surface area contributed by atoms with Crippen LogP contribution in [0.5, 0.6) is 0 Å². The van der Waals surface area contributed by atoms with Gasteiger partial charge in [0.1, 0.15) is 5.69 Å². The lowest BCUT2D eigenvalue weighted by molar-refractivity contribution is -0.384. The van der Waals surface area contributed by atoms with Crippen molar-refractivity contribution in [1.82, 2.24) is 0 Å². The van der Waals surface area contributed by atoms with Gasteiger partial charge in [-0.15, -0.1) is 0 Å². The van der Waals surface area contributed by atoms with Crippen molar-refractivity contribution in [2.75, 3.05) is 5.32 Å². The number of nitrogens with one attached hydrogen (secondary N) is 1. The molecule has 88 valence electrons. The fourth-order valence-corrected chi connectivity index (χ4v) is 1.37. The predicted molar refractivity (Wildman–Crippen MR) is 66.0 cm³/mol. The Bertz CT molecular complexity index is 394. The summed E-state index contributed by atoms with van der Waals surface area (Å²) < 4.78 is 0. The van der Waals surface area contributed by atoms with Gasteiger partial charge in [0.05, 0.1) is 4.92 Å². The van der Waals surface area contributed by atoms with Gasteiger partial charge in [-0.1, -0.05) is 25.4 Å². The zero-order chi connectivity index (χ0) is 12.3. The molecule has 0 aliphatic heterocycles. The maximum atomic E-state index is 10.8. The lowest BCUT2D eigenvalue weighted by atomic mass is 10.1. The molecule has 1 N–H and O–H groups in total. The van der Waals surface area contributed by atoms with Crippen LogP contribution >= 0.6 is 11.6 Å². The van der Waals surface area contributed by atoms with Crippen molar-refractivity contribution in [2.45, 2.75) is 26.8 Å². The van der Waals surface area contributed by atoms with E-state index >= 15 is 0 Å². The van der Waals surface area contributed by atoms with Crippen LogP contribution in [0.4, 0.5) is 11.4 Å². The summed E-state index contributed by atoms with van der Waals surface area (Å²) in [5.74, 6) is 0.388. The number of anilines is 1. The van der Waals surface area contributed by atoms with E-state index in [0.717, 1.165) is 0 Å². The summed E-state index contributed by atoms with van der Waals surface area (Å²) in [5.41, 5.74) is 0.524. The third-order valence-electron chi connectivity index (χ3n) is 2.54. The van der Waals surface area contributed by atoms with E-state index in [1.807, 2.05) is 20.8 Å². The molecule has 1 rings (SSSR count). The summed E-state index contributed by atoms with van der Waals surface area (Å²) in [4.78, 5) is 10.4. The van der Waals surface area contributed by atoms with E-state index in [2.05, 4.69) is 5.32 Å². The maximum absolute atomic E-state index is 10.8. The Morgan fingerprint density at radius 1 is 1.38 bits per heavy atom. The second kappa shape index (κ2) is 5.16. The molecule has 4 nitrogen and oxygen atoms in total. The lowest BCUT2D eigenvalue weighted by Crippen LogP contribution is -2.22. The molecule has 0 saturated carbocycles. The number of hydrogen-bond donors (Lipinski definition) is 1. The quantitative estimate of drug-likeness (QED) is 0.647. The van der Waals surface area contributed by atoms with Gasteiger partial charge in [-0.05, 0) is 25.0 Å². The van der Waals surface area contributed by atoms with Crippen LogP contribution in [0.1, 0.15) is 20.8 Å². The normalized spacial score (nSPS) is 12.6. The van der Waals surface area contributed by atoms with E-state index in [-0.39, 0.29) is 11.7 Å². The fraction of sp³-hybridized carbons (Fsp3) is 0.455. The molecule has 1 atom stereocenters. The molecule has 16 heavy (non-hydrogen) atoms. The lowest BCUT2D eigenvalue weighted by Gasteiger charge is -2.18. The number of nitrogens with zero attached hydrogens (tertiary/aromatic N) is 1. The molecule has 5 heteroatoms. The largest absolute Gasteiger partial charge is 0.377 e. The Balaban J connectivity index is 3.01. The van der Waals surface area contributed by atoms with Crippen molar-refractivity contribution in [2.24, 2.45) is 5.92 Å². The molecule has 1 aromatic carbocycles. The molecular weight excluding hydrogens is 228 g/mol. The van der Waals surface area contributed by atoms with Gasteiger partial charge in [-0.3, -0.25) is 10.1 Å². The smallest absolute Gasteiger partial charge is 0.292 e. The molecule has 0 heterocycles. The van der Waals surface area contributed by atoms with Crippen LogP contribution in [-0.4, -0.2) is 11.0 Å². The molecule has 1 unspecified atom stereocenters. The van der Waals surface area contributed by atoms with E-state index in [9.17, 15) is 10.1 Å². The average Bonchev–Trinajstić information content (AvgIpc) is 2.16. The number of halogens is 1. The molecule has 0 aromatic heterocycles. The summed E-state index contributed by atoms with van der Waals surface area (Å²) in [7, 11) is 0. The number of nitro groups is 1. The Morgan fingerprint density at radius 2 is 2.00 bits per heavy atom. The number of rotatable bonds is 4. The summed E-state index contributed by atoms with van der Waals surface area (Å²) in [6.07, 6.45) is 0. The second-order valence-electron chi connectivity index (χ2n) is 4.10. The molecular formula is C11H15ClN2O2. The maximum Gasteiger partial charge on any atom is 0.292 e. The topological polar surface area (TPSA) is 55.2 Å². The van der Waals surface area contributed by atoms with Crippen LogP contribution in [-0.2, 0) is 0 Å². The second-order valence-corrected chi connectivity index (χ2v) is 4.53. The molecule has 1 aromatic rings. The zero-order valence-electron chi connectivity index (χ0n) is 9.53. The van der Waals surface area contributed by atoms with Gasteiger partial charge >= 0.3 is 0 Å². The van der Waals surface area contributed by atoms with Crippen LogP contribution < -0.4 is 5.32 Å². The van der Waals surface area contributed by atoms with Crippen molar-refractivity contribution in [1.29, 1.82) is 0 Å². The van der Waals surface area contributed by atoms with Gasteiger partial charge in [0.15, 0.2) is 0 Å². The first-order valence-corrected chi connectivity index (χ1v) is 5.50. The van der Waals surface area contributed by atoms with Crippen LogP contribution in [0.15, 0.2) is 18.2 Å². The highest BCUT2D eigenvalue weighted by molar-refractivity contribution is 6.31. The molecule has 0 aliphatic rings. The Kier molecular flexibility index (Phi) is 4.12. The summed E-state index contributed by atoms with van der Waals surface area (Å²) in [6.45, 7) is 6.08. The number of nitro benzene ring substituents is 1. The third-order valence-corrected chi connectivity index (χ3v) is 2.77. The molecule has 0 saturated heterocycles. The van der Waals surface area contributed by atoms with Crippen molar-refractivity contribution < 1.29 is 4.92 Å². The monoisotopic (exact) mass is 242 g/mol. The standard InChI is InChI=1S/C11H15ClN2O2/c1-7(2)8(3)13-10-6-9(12)4-5-11(10)14(15)16/h4-8,13H,1-3H3. The van der Waals surface area contributed by atoms with Gasteiger partial charge in [0, 0.05) is 17.1 Å². The van der Waals surface area contributed by atoms with E-state index in [1.54, 1.807) is 6.07 Å². The van der Waals surface area contributed by atoms with Crippen molar-refractivity contribution in [3.63, 3.8) is 0 Å². The van der Waals surface area contributed by atoms with E-state index in [1.165, 1.54) is 12.1 Å². The SMILES string of the molecule is CC(C)C(C)Nc1cc(Cl)ccc1[N+](=O)[O-]. The third kappa shape index (κ3) is 3.10. The van der Waals surface area contributed by atoms with Crippen LogP contribution in [0.3, 0.4) is 0 Å². The minimum atomic E-state index is -0.411. The molecule has 0 bridgehead atoms. The van der Waals surface area contributed by atoms with E-state index in [0.29, 0.717) is 16.6 Å². The first kappa shape index (κ1) is 12.8. The van der Waals surface area contributed by atoms with Crippen molar-refractivity contribution in [3.8, 4) is 0 Å². The highest BCUT2D eigenvalue weighted by atomic mass is 35.5. The molecule has 0 spiro atoms. The Morgan fingerprint density at radius 3 is 2.50 bits per heavy atom. The van der Waals surface area contributed by atoms with Crippen LogP contribution in [0.2, 0.25) is 5.02 Å². The summed E-state index contributed by atoms with van der Waals surface area (Å²) in [6, 6.07) is 4.67. The van der Waals surface area contributed by atoms with Gasteiger partial charge in [-0.2, -0.15) is 0 Å². The minimum Gasteiger partial charge on any atom is -0.377 e. The molecule has 0 fully saturated rings. The predicted octanol–water partition coefficient (Wildman–Crippen LogP) is 3.70. The fourth-order valence-electron chi connectivity index (χ4n) is 1.20. The number of hydrogen-bond acceptors (Lipinski definition) is 3. The van der Waals surface area contributed by atoms with Crippen LogP contribution in [0, 0.1) is 16.0 Å². The highest BCUT2D eigenvalue weighted by Gasteiger charge is 2.16. The van der Waals surface area contributed by atoms with Crippen molar-refractivity contribution >= 4 is 23.0 Å². The number of benzene rings is 1. The van der Waals surface area contributed by atoms with Gasteiger partial charge in [0.2, 0.25) is 0 Å². The first-order valence-electron chi connectivity index (χ1n) is 5.12. The zero-order valence-corrected chi connectivity index (χ0v) is 10.3. The van der Waals surface area contributed by atoms with Crippen LogP contribution in [0.25, 0.3) is 0 Å². The Hall–Kier alpha value is -1.29. The van der Waals surface area contributed by atoms with E-state index < -0.39 is 4.92 Å².